The third kappa shape index (κ3) is 4.26. The van der Waals surface area contributed by atoms with Gasteiger partial charge in [-0.2, -0.15) is 0 Å². The Labute approximate surface area is 156 Å². The van der Waals surface area contributed by atoms with Crippen molar-refractivity contribution < 1.29 is 9.18 Å². The molecule has 0 spiro atoms. The maximum Gasteiger partial charge on any atom is 0.234 e. The van der Waals surface area contributed by atoms with Crippen LogP contribution in [0.5, 0.6) is 0 Å². The zero-order valence-electron chi connectivity index (χ0n) is 13.2. The first-order chi connectivity index (χ1) is 12.0. The van der Waals surface area contributed by atoms with Crippen molar-refractivity contribution in [2.45, 2.75) is 12.1 Å². The van der Waals surface area contributed by atoms with Crippen LogP contribution in [0.3, 0.4) is 0 Å². The molecule has 0 aliphatic rings. The van der Waals surface area contributed by atoms with E-state index >= 15 is 0 Å². The second-order valence-corrected chi connectivity index (χ2v) is 7.09. The number of hydrogen-bond acceptors (Lipinski definition) is 4. The third-order valence-electron chi connectivity index (χ3n) is 3.43. The van der Waals surface area contributed by atoms with Crippen molar-refractivity contribution in [2.24, 2.45) is 0 Å². The van der Waals surface area contributed by atoms with Crippen molar-refractivity contribution in [3.8, 4) is 5.69 Å². The lowest BCUT2D eigenvalue weighted by atomic mass is 10.2. The number of anilines is 1. The number of hydrogen-bond donors (Lipinski definition) is 1. The zero-order valence-corrected chi connectivity index (χ0v) is 15.6. The minimum Gasteiger partial charge on any atom is -0.323 e. The summed E-state index contributed by atoms with van der Waals surface area (Å²) in [5.41, 5.74) is 2.18. The van der Waals surface area contributed by atoms with Crippen LogP contribution < -0.4 is 5.32 Å². The Morgan fingerprint density at radius 3 is 2.88 bits per heavy atom. The Balaban J connectivity index is 1.67. The molecule has 1 amide bonds. The van der Waals surface area contributed by atoms with Crippen LogP contribution in [0.2, 0.25) is 0 Å². The summed E-state index contributed by atoms with van der Waals surface area (Å²) in [5.74, 6) is -0.707. The summed E-state index contributed by atoms with van der Waals surface area (Å²) >= 11 is 4.42. The second-order valence-electron chi connectivity index (χ2n) is 5.23. The summed E-state index contributed by atoms with van der Waals surface area (Å²) in [6.45, 7) is 1.99. The van der Waals surface area contributed by atoms with Gasteiger partial charge in [-0.3, -0.25) is 9.36 Å². The fraction of sp³-hybridized carbons (Fsp3) is 0.118. The number of thioether (sulfide) groups is 1. The largest absolute Gasteiger partial charge is 0.323 e. The van der Waals surface area contributed by atoms with E-state index in [1.165, 1.54) is 23.9 Å². The number of para-hydroxylation sites is 1. The highest BCUT2D eigenvalue weighted by Crippen LogP contribution is 2.23. The molecule has 1 heterocycles. The van der Waals surface area contributed by atoms with Gasteiger partial charge in [-0.05, 0) is 36.8 Å². The van der Waals surface area contributed by atoms with E-state index in [1.54, 1.807) is 12.4 Å². The van der Waals surface area contributed by atoms with Crippen molar-refractivity contribution in [3.63, 3.8) is 0 Å². The summed E-state index contributed by atoms with van der Waals surface area (Å²) in [5, 5.41) is 11.1. The van der Waals surface area contributed by atoms with Gasteiger partial charge in [-0.25, -0.2) is 4.39 Å². The van der Waals surface area contributed by atoms with Gasteiger partial charge in [-0.15, -0.1) is 10.2 Å². The summed E-state index contributed by atoms with van der Waals surface area (Å²) in [7, 11) is 0. The van der Waals surface area contributed by atoms with Crippen molar-refractivity contribution >= 4 is 39.3 Å². The van der Waals surface area contributed by atoms with E-state index in [1.807, 2.05) is 35.8 Å². The number of aromatic nitrogens is 3. The fourth-order valence-electron chi connectivity index (χ4n) is 2.23. The summed E-state index contributed by atoms with van der Waals surface area (Å²) in [6.07, 6.45) is 1.61. The van der Waals surface area contributed by atoms with Crippen LogP contribution in [0.4, 0.5) is 10.1 Å². The molecule has 1 aromatic heterocycles. The van der Waals surface area contributed by atoms with Crippen LogP contribution in [-0.2, 0) is 4.79 Å². The Bertz CT molecular complexity index is 915. The third-order valence-corrected chi connectivity index (χ3v) is 4.87. The molecule has 0 unspecified atom stereocenters. The van der Waals surface area contributed by atoms with Gasteiger partial charge < -0.3 is 5.32 Å². The number of benzene rings is 2. The molecule has 0 radical (unpaired) electrons. The molecule has 0 saturated heterocycles. The molecule has 0 saturated carbocycles. The van der Waals surface area contributed by atoms with E-state index in [0.29, 0.717) is 9.63 Å². The summed E-state index contributed by atoms with van der Waals surface area (Å²) < 4.78 is 16.2. The molecule has 0 atom stereocenters. The van der Waals surface area contributed by atoms with Gasteiger partial charge in [0.15, 0.2) is 5.16 Å². The van der Waals surface area contributed by atoms with Crippen LogP contribution in [0, 0.1) is 12.7 Å². The van der Waals surface area contributed by atoms with E-state index in [4.69, 9.17) is 0 Å². The molecule has 0 bridgehead atoms. The van der Waals surface area contributed by atoms with Crippen LogP contribution >= 0.6 is 27.7 Å². The van der Waals surface area contributed by atoms with Crippen LogP contribution in [0.1, 0.15) is 5.56 Å². The van der Waals surface area contributed by atoms with E-state index in [0.717, 1.165) is 11.3 Å². The normalized spacial score (nSPS) is 10.7. The Hall–Kier alpha value is -2.19. The molecule has 0 fully saturated rings. The van der Waals surface area contributed by atoms with E-state index in [2.05, 4.69) is 31.4 Å². The van der Waals surface area contributed by atoms with Crippen molar-refractivity contribution in [3.05, 3.63) is 64.6 Å². The highest BCUT2D eigenvalue weighted by molar-refractivity contribution is 9.10. The maximum absolute atomic E-state index is 13.8. The molecule has 8 heteroatoms. The number of aryl methyl sites for hydroxylation is 1. The summed E-state index contributed by atoms with van der Waals surface area (Å²) in [4.78, 5) is 12.1. The molecule has 5 nitrogen and oxygen atoms in total. The van der Waals surface area contributed by atoms with Gasteiger partial charge >= 0.3 is 0 Å². The zero-order chi connectivity index (χ0) is 17.8. The molecule has 1 N–H and O–H groups in total. The lowest BCUT2D eigenvalue weighted by Crippen LogP contribution is -2.15. The lowest BCUT2D eigenvalue weighted by molar-refractivity contribution is -0.113. The maximum atomic E-state index is 13.8. The Morgan fingerprint density at radius 1 is 1.32 bits per heavy atom. The smallest absolute Gasteiger partial charge is 0.234 e. The predicted molar refractivity (Wildman–Crippen MR) is 99.5 cm³/mol. The number of rotatable bonds is 5. The monoisotopic (exact) mass is 420 g/mol. The van der Waals surface area contributed by atoms with Gasteiger partial charge in [0, 0.05) is 4.47 Å². The lowest BCUT2D eigenvalue weighted by Gasteiger charge is -2.09. The SMILES string of the molecule is Cc1ccccc1-n1cnnc1SCC(=O)Nc1ccc(Br)cc1F. The Morgan fingerprint density at radius 2 is 2.12 bits per heavy atom. The van der Waals surface area contributed by atoms with Crippen LogP contribution in [0.15, 0.2) is 58.4 Å². The highest BCUT2D eigenvalue weighted by Gasteiger charge is 2.13. The number of carbonyl (C=O) groups excluding carboxylic acids is 1. The van der Waals surface area contributed by atoms with Gasteiger partial charge in [0.25, 0.3) is 0 Å². The number of carbonyl (C=O) groups is 1. The van der Waals surface area contributed by atoms with Gasteiger partial charge in [0.1, 0.15) is 12.1 Å². The Kier molecular flexibility index (Phi) is 5.50. The van der Waals surface area contributed by atoms with Crippen LogP contribution in [-0.4, -0.2) is 26.4 Å². The summed E-state index contributed by atoms with van der Waals surface area (Å²) in [6, 6.07) is 12.3. The molecule has 25 heavy (non-hydrogen) atoms. The average molecular weight is 421 g/mol. The number of nitrogens with zero attached hydrogens (tertiary/aromatic N) is 3. The molecule has 2 aromatic carbocycles. The molecular weight excluding hydrogens is 407 g/mol. The van der Waals surface area contributed by atoms with Gasteiger partial charge in [-0.1, -0.05) is 45.9 Å². The number of halogens is 2. The minimum atomic E-state index is -0.490. The molecule has 3 rings (SSSR count). The predicted octanol–water partition coefficient (Wildman–Crippen LogP) is 4.21. The first-order valence-corrected chi connectivity index (χ1v) is 9.16. The van der Waals surface area contributed by atoms with Crippen molar-refractivity contribution in [1.82, 2.24) is 14.8 Å². The molecule has 3 aromatic rings. The standard InChI is InChI=1S/C17H14BrFN4OS/c1-11-4-2-3-5-15(11)23-10-20-22-17(23)25-9-16(24)21-14-7-6-12(18)8-13(14)19/h2-8,10H,9H2,1H3,(H,21,24). The number of nitrogens with one attached hydrogen (secondary N) is 1. The first kappa shape index (κ1) is 17.6. The molecule has 0 aliphatic heterocycles. The van der Waals surface area contributed by atoms with Crippen molar-refractivity contribution in [1.29, 1.82) is 0 Å². The van der Waals surface area contributed by atoms with Crippen LogP contribution in [0.25, 0.3) is 5.69 Å². The fourth-order valence-corrected chi connectivity index (χ4v) is 3.28. The minimum absolute atomic E-state index is 0.0973. The van der Waals surface area contributed by atoms with Gasteiger partial charge in [0.2, 0.25) is 5.91 Å². The first-order valence-electron chi connectivity index (χ1n) is 7.38. The average Bonchev–Trinajstić information content (AvgIpc) is 3.04. The second kappa shape index (κ2) is 7.79. The molecule has 128 valence electrons. The molecular formula is C17H14BrFN4OS. The van der Waals surface area contributed by atoms with Gasteiger partial charge in [0.05, 0.1) is 17.1 Å². The highest BCUT2D eigenvalue weighted by atomic mass is 79.9. The van der Waals surface area contributed by atoms with E-state index in [9.17, 15) is 9.18 Å². The van der Waals surface area contributed by atoms with E-state index < -0.39 is 5.82 Å². The molecule has 0 aliphatic carbocycles. The number of amides is 1. The van der Waals surface area contributed by atoms with E-state index in [-0.39, 0.29) is 17.3 Å². The quantitative estimate of drug-likeness (QED) is 0.628. The van der Waals surface area contributed by atoms with Crippen molar-refractivity contribution in [2.75, 3.05) is 11.1 Å². The topological polar surface area (TPSA) is 59.8 Å².